The number of alkyl halides is 3. The molecule has 4 heteroatoms. The van der Waals surface area contributed by atoms with E-state index in [1.807, 2.05) is 32.0 Å². The van der Waals surface area contributed by atoms with Crippen LogP contribution in [0.1, 0.15) is 16.7 Å². The summed E-state index contributed by atoms with van der Waals surface area (Å²) in [5, 5.41) is 2.38. The van der Waals surface area contributed by atoms with Crippen molar-refractivity contribution in [1.29, 1.82) is 0 Å². The van der Waals surface area contributed by atoms with E-state index in [1.165, 1.54) is 0 Å². The van der Waals surface area contributed by atoms with Crippen LogP contribution in [0.25, 0.3) is 0 Å². The van der Waals surface area contributed by atoms with Crippen molar-refractivity contribution in [3.05, 3.63) is 34.9 Å². The molecule has 15 heavy (non-hydrogen) atoms. The van der Waals surface area contributed by atoms with Crippen LogP contribution in [-0.4, -0.2) is 12.7 Å². The molecule has 1 nitrogen and oxygen atoms in total. The molecule has 0 saturated carbocycles. The molecule has 0 atom stereocenters. The van der Waals surface area contributed by atoms with E-state index in [-0.39, 0.29) is 6.54 Å². The van der Waals surface area contributed by atoms with Gasteiger partial charge in [-0.2, -0.15) is 13.2 Å². The molecule has 1 N–H and O–H groups in total. The Labute approximate surface area is 87.3 Å². The summed E-state index contributed by atoms with van der Waals surface area (Å²) in [5.41, 5.74) is 2.99. The molecule has 0 bridgehead atoms. The monoisotopic (exact) mass is 217 g/mol. The molecule has 0 saturated heterocycles. The normalized spacial score (nSPS) is 11.8. The number of benzene rings is 1. The zero-order valence-electron chi connectivity index (χ0n) is 8.78. The maximum atomic E-state index is 11.9. The lowest BCUT2D eigenvalue weighted by atomic mass is 10.1. The lowest BCUT2D eigenvalue weighted by Gasteiger charge is -2.10. The highest BCUT2D eigenvalue weighted by atomic mass is 19.4. The maximum absolute atomic E-state index is 11.9. The van der Waals surface area contributed by atoms with Crippen molar-refractivity contribution in [3.63, 3.8) is 0 Å². The Hall–Kier alpha value is -1.03. The van der Waals surface area contributed by atoms with E-state index in [4.69, 9.17) is 0 Å². The first kappa shape index (κ1) is 12.0. The van der Waals surface area contributed by atoms with Gasteiger partial charge in [0.1, 0.15) is 0 Å². The minimum absolute atomic E-state index is 0.257. The van der Waals surface area contributed by atoms with Gasteiger partial charge in [0.25, 0.3) is 0 Å². The van der Waals surface area contributed by atoms with Crippen LogP contribution in [0.15, 0.2) is 18.2 Å². The van der Waals surface area contributed by atoms with Crippen molar-refractivity contribution in [2.75, 3.05) is 6.54 Å². The van der Waals surface area contributed by atoms with Gasteiger partial charge in [-0.05, 0) is 25.0 Å². The molecule has 0 radical (unpaired) electrons. The molecule has 0 amide bonds. The van der Waals surface area contributed by atoms with Crippen molar-refractivity contribution < 1.29 is 13.2 Å². The minimum atomic E-state index is -4.14. The summed E-state index contributed by atoms with van der Waals surface area (Å²) in [6.07, 6.45) is -4.14. The molecular weight excluding hydrogens is 203 g/mol. The highest BCUT2D eigenvalue weighted by Crippen LogP contribution is 2.14. The fraction of sp³-hybridized carbons (Fsp3) is 0.455. The number of nitrogens with one attached hydrogen (secondary N) is 1. The predicted molar refractivity (Wildman–Crippen MR) is 53.7 cm³/mol. The minimum Gasteiger partial charge on any atom is -0.305 e. The molecule has 84 valence electrons. The molecule has 1 aromatic rings. The number of rotatable bonds is 3. The van der Waals surface area contributed by atoms with E-state index in [9.17, 15) is 13.2 Å². The van der Waals surface area contributed by atoms with Crippen LogP contribution >= 0.6 is 0 Å². The molecule has 0 aliphatic heterocycles. The summed E-state index contributed by atoms with van der Waals surface area (Å²) in [4.78, 5) is 0. The van der Waals surface area contributed by atoms with E-state index < -0.39 is 12.7 Å². The number of hydrogen-bond donors (Lipinski definition) is 1. The molecule has 0 aromatic heterocycles. The first-order valence-corrected chi connectivity index (χ1v) is 4.72. The van der Waals surface area contributed by atoms with Gasteiger partial charge in [-0.3, -0.25) is 0 Å². The fourth-order valence-electron chi connectivity index (χ4n) is 1.33. The summed E-state index contributed by atoms with van der Waals surface area (Å²) < 4.78 is 35.6. The van der Waals surface area contributed by atoms with Gasteiger partial charge in [-0.15, -0.1) is 0 Å². The van der Waals surface area contributed by atoms with Gasteiger partial charge in [-0.25, -0.2) is 0 Å². The third-order valence-electron chi connectivity index (χ3n) is 2.15. The standard InChI is InChI=1S/C11H14F3N/c1-8-3-4-9(2)10(5-8)6-15-7-11(12,13)14/h3-5,15H,6-7H2,1-2H3. The molecule has 0 spiro atoms. The molecule has 1 rings (SSSR count). The van der Waals surface area contributed by atoms with E-state index in [2.05, 4.69) is 5.32 Å². The quantitative estimate of drug-likeness (QED) is 0.820. The van der Waals surface area contributed by atoms with Crippen molar-refractivity contribution in [3.8, 4) is 0 Å². The Balaban J connectivity index is 2.54. The highest BCUT2D eigenvalue weighted by Gasteiger charge is 2.26. The Kier molecular flexibility index (Phi) is 3.74. The van der Waals surface area contributed by atoms with Crippen LogP contribution in [0.5, 0.6) is 0 Å². The Morgan fingerprint density at radius 1 is 1.20 bits per heavy atom. The highest BCUT2D eigenvalue weighted by molar-refractivity contribution is 5.30. The second kappa shape index (κ2) is 4.66. The number of aryl methyl sites for hydroxylation is 2. The smallest absolute Gasteiger partial charge is 0.305 e. The maximum Gasteiger partial charge on any atom is 0.401 e. The van der Waals surface area contributed by atoms with Crippen molar-refractivity contribution >= 4 is 0 Å². The fourth-order valence-corrected chi connectivity index (χ4v) is 1.33. The summed E-state index contributed by atoms with van der Waals surface area (Å²) in [6, 6.07) is 5.77. The lowest BCUT2D eigenvalue weighted by molar-refractivity contribution is -0.125. The first-order valence-electron chi connectivity index (χ1n) is 4.72. The van der Waals surface area contributed by atoms with E-state index in [0.717, 1.165) is 16.7 Å². The van der Waals surface area contributed by atoms with Crippen LogP contribution in [0.3, 0.4) is 0 Å². The summed E-state index contributed by atoms with van der Waals surface area (Å²) in [5.74, 6) is 0. The zero-order valence-corrected chi connectivity index (χ0v) is 8.78. The van der Waals surface area contributed by atoms with E-state index in [1.54, 1.807) is 0 Å². The van der Waals surface area contributed by atoms with Gasteiger partial charge in [0.15, 0.2) is 0 Å². The molecule has 0 unspecified atom stereocenters. The molecule has 0 heterocycles. The second-order valence-electron chi connectivity index (χ2n) is 3.65. The molecule has 1 aromatic carbocycles. The van der Waals surface area contributed by atoms with Gasteiger partial charge in [0, 0.05) is 6.54 Å². The van der Waals surface area contributed by atoms with Crippen molar-refractivity contribution in [2.45, 2.75) is 26.6 Å². The summed E-state index contributed by atoms with van der Waals surface area (Å²) >= 11 is 0. The van der Waals surface area contributed by atoms with Crippen molar-refractivity contribution in [2.24, 2.45) is 0 Å². The average Bonchev–Trinajstić information content (AvgIpc) is 2.09. The van der Waals surface area contributed by atoms with E-state index in [0.29, 0.717) is 0 Å². The van der Waals surface area contributed by atoms with Crippen molar-refractivity contribution in [1.82, 2.24) is 5.32 Å². The van der Waals surface area contributed by atoms with Gasteiger partial charge in [-0.1, -0.05) is 23.8 Å². The second-order valence-corrected chi connectivity index (χ2v) is 3.65. The third-order valence-corrected chi connectivity index (χ3v) is 2.15. The summed E-state index contributed by atoms with van der Waals surface area (Å²) in [6.45, 7) is 3.13. The van der Waals surface area contributed by atoms with Crippen LogP contribution in [-0.2, 0) is 6.54 Å². The zero-order chi connectivity index (χ0) is 11.5. The Morgan fingerprint density at radius 2 is 1.87 bits per heavy atom. The number of hydrogen-bond acceptors (Lipinski definition) is 1. The SMILES string of the molecule is Cc1ccc(C)c(CNCC(F)(F)F)c1. The van der Waals surface area contributed by atoms with Crippen LogP contribution in [0.4, 0.5) is 13.2 Å². The van der Waals surface area contributed by atoms with Crippen LogP contribution < -0.4 is 5.32 Å². The third kappa shape index (κ3) is 4.34. The topological polar surface area (TPSA) is 12.0 Å². The van der Waals surface area contributed by atoms with Crippen LogP contribution in [0.2, 0.25) is 0 Å². The Morgan fingerprint density at radius 3 is 2.47 bits per heavy atom. The lowest BCUT2D eigenvalue weighted by Crippen LogP contribution is -2.28. The number of halogens is 3. The van der Waals surface area contributed by atoms with Crippen LogP contribution in [0, 0.1) is 13.8 Å². The molecular formula is C11H14F3N. The summed E-state index contributed by atoms with van der Waals surface area (Å²) in [7, 11) is 0. The average molecular weight is 217 g/mol. The Bertz CT molecular complexity index is 331. The largest absolute Gasteiger partial charge is 0.401 e. The van der Waals surface area contributed by atoms with Gasteiger partial charge < -0.3 is 5.32 Å². The first-order chi connectivity index (χ1) is 6.88. The molecule has 0 aliphatic carbocycles. The van der Waals surface area contributed by atoms with Gasteiger partial charge in [0.05, 0.1) is 6.54 Å². The van der Waals surface area contributed by atoms with Gasteiger partial charge in [0.2, 0.25) is 0 Å². The molecule has 0 fully saturated rings. The predicted octanol–water partition coefficient (Wildman–Crippen LogP) is 2.96. The van der Waals surface area contributed by atoms with Gasteiger partial charge >= 0.3 is 6.18 Å². The van der Waals surface area contributed by atoms with E-state index >= 15 is 0 Å². The molecule has 0 aliphatic rings.